The highest BCUT2D eigenvalue weighted by Gasteiger charge is 2.28. The van der Waals surface area contributed by atoms with Gasteiger partial charge in [0.15, 0.2) is 17.5 Å². The summed E-state index contributed by atoms with van der Waals surface area (Å²) in [6, 6.07) is 48.7. The van der Waals surface area contributed by atoms with Crippen molar-refractivity contribution >= 4 is 66.2 Å². The highest BCUT2D eigenvalue weighted by atomic mass is 15.1. The average molecular weight is 811 g/mol. The largest absolute Gasteiger partial charge is 0.304 e. The van der Waals surface area contributed by atoms with Crippen molar-refractivity contribution in [1.29, 1.82) is 0 Å². The quantitative estimate of drug-likeness (QED) is 0.161. The Labute approximate surface area is 357 Å². The van der Waals surface area contributed by atoms with Crippen LogP contribution in [-0.2, 0) is 0 Å². The Morgan fingerprint density at radius 3 is 0.873 bits per heavy atom. The average Bonchev–Trinajstić information content (AvgIpc) is 4.00. The molecule has 63 heavy (non-hydrogen) atoms. The molecule has 13 aromatic rings. The summed E-state index contributed by atoms with van der Waals surface area (Å²) in [4.78, 5) is 45.1. The van der Waals surface area contributed by atoms with Crippen LogP contribution in [0.3, 0.4) is 0 Å². The highest BCUT2D eigenvalue weighted by molar-refractivity contribution is 6.09. The Bertz CT molecular complexity index is 3580. The zero-order valence-electron chi connectivity index (χ0n) is 33.2. The van der Waals surface area contributed by atoms with Gasteiger partial charge in [-0.25, -0.2) is 15.0 Å². The summed E-state index contributed by atoms with van der Waals surface area (Å²) < 4.78 is 6.77. The molecule has 294 valence electrons. The number of pyridine rings is 6. The van der Waals surface area contributed by atoms with Crippen LogP contribution in [-0.4, -0.2) is 58.6 Å². The molecule has 12 nitrogen and oxygen atoms in total. The van der Waals surface area contributed by atoms with Crippen molar-refractivity contribution < 1.29 is 0 Å². The van der Waals surface area contributed by atoms with Gasteiger partial charge in [0.25, 0.3) is 0 Å². The molecule has 10 aromatic heterocycles. The van der Waals surface area contributed by atoms with E-state index in [1.165, 1.54) is 0 Å². The summed E-state index contributed by atoms with van der Waals surface area (Å²) in [6.45, 7) is 0. The molecule has 0 spiro atoms. The Morgan fingerprint density at radius 2 is 0.556 bits per heavy atom. The van der Waals surface area contributed by atoms with Crippen molar-refractivity contribution in [3.05, 3.63) is 183 Å². The second-order valence-electron chi connectivity index (χ2n) is 15.1. The van der Waals surface area contributed by atoms with Crippen LogP contribution in [0.1, 0.15) is 0 Å². The lowest BCUT2D eigenvalue weighted by Gasteiger charge is -2.23. The van der Waals surface area contributed by atoms with Gasteiger partial charge in [0, 0.05) is 53.9 Å². The van der Waals surface area contributed by atoms with E-state index >= 15 is 0 Å². The number of aromatic nitrogens is 12. The van der Waals surface area contributed by atoms with Crippen LogP contribution in [0.2, 0.25) is 0 Å². The number of benzene rings is 3. The van der Waals surface area contributed by atoms with Gasteiger partial charge in [-0.3, -0.25) is 29.9 Å². The van der Waals surface area contributed by atoms with E-state index in [-0.39, 0.29) is 0 Å². The van der Waals surface area contributed by atoms with E-state index in [0.717, 1.165) is 100.0 Å². The molecule has 13 rings (SSSR count). The Kier molecular flexibility index (Phi) is 7.60. The van der Waals surface area contributed by atoms with Crippen LogP contribution in [0.5, 0.6) is 0 Å². The van der Waals surface area contributed by atoms with E-state index in [2.05, 4.69) is 62.2 Å². The second kappa shape index (κ2) is 13.8. The predicted octanol–water partition coefficient (Wildman–Crippen LogP) is 10.5. The maximum Gasteiger partial charge on any atom is 0.164 e. The van der Waals surface area contributed by atoms with Gasteiger partial charge < -0.3 is 13.7 Å². The van der Waals surface area contributed by atoms with Crippen LogP contribution < -0.4 is 0 Å². The molecule has 10 heterocycles. The van der Waals surface area contributed by atoms with E-state index < -0.39 is 0 Å². The maximum atomic E-state index is 5.27. The van der Waals surface area contributed by atoms with Crippen molar-refractivity contribution in [2.45, 2.75) is 0 Å². The van der Waals surface area contributed by atoms with Gasteiger partial charge in [0.1, 0.15) is 33.1 Å². The topological polar surface area (TPSA) is 131 Å². The SMILES string of the molecule is c1ccc(-c2nc(-c3ccccc3)nc(-c3cc(-n4c5cccnc5c5ncccc54)c(-n4c5cccnc5c5ncccc54)c(-n4c5cccnc5c5ncccc54)c3)n2)cc1. The minimum atomic E-state index is 0.497. The summed E-state index contributed by atoms with van der Waals surface area (Å²) in [6.07, 6.45) is 10.9. The molecule has 0 radical (unpaired) electrons. The highest BCUT2D eigenvalue weighted by Crippen LogP contribution is 2.43. The van der Waals surface area contributed by atoms with Crippen molar-refractivity contribution in [2.75, 3.05) is 0 Å². The molecule has 0 amide bonds. The molecule has 0 aliphatic carbocycles. The second-order valence-corrected chi connectivity index (χ2v) is 15.1. The third-order valence-electron chi connectivity index (χ3n) is 11.6. The minimum absolute atomic E-state index is 0.497. The molecule has 0 atom stereocenters. The molecule has 0 aliphatic heterocycles. The monoisotopic (exact) mass is 810 g/mol. The fourth-order valence-corrected chi connectivity index (χ4v) is 8.95. The lowest BCUT2D eigenvalue weighted by molar-refractivity contribution is 1.04. The summed E-state index contributed by atoms with van der Waals surface area (Å²) in [5.74, 6) is 1.61. The van der Waals surface area contributed by atoms with Crippen LogP contribution in [0.25, 0.3) is 117 Å². The normalized spacial score (nSPS) is 11.8. The summed E-state index contributed by atoms with van der Waals surface area (Å²) in [7, 11) is 0. The third kappa shape index (κ3) is 5.31. The molecule has 0 saturated carbocycles. The molecule has 0 unspecified atom stereocenters. The van der Waals surface area contributed by atoms with Gasteiger partial charge in [-0.05, 0) is 84.9 Å². The lowest BCUT2D eigenvalue weighted by atomic mass is 10.1. The van der Waals surface area contributed by atoms with Crippen LogP contribution in [0, 0.1) is 0 Å². The van der Waals surface area contributed by atoms with Crippen LogP contribution >= 0.6 is 0 Å². The molecule has 0 bridgehead atoms. The Hall–Kier alpha value is -9.03. The first-order chi connectivity index (χ1) is 31.3. The van der Waals surface area contributed by atoms with Gasteiger partial charge in [0.05, 0.1) is 50.2 Å². The molecule has 3 aromatic carbocycles. The number of hydrogen-bond donors (Lipinski definition) is 0. The summed E-state index contributed by atoms with van der Waals surface area (Å²) in [5.41, 5.74) is 14.9. The van der Waals surface area contributed by atoms with Crippen molar-refractivity contribution in [1.82, 2.24) is 58.6 Å². The molecule has 0 aliphatic rings. The number of rotatable bonds is 6. The van der Waals surface area contributed by atoms with Gasteiger partial charge in [-0.2, -0.15) is 0 Å². The van der Waals surface area contributed by atoms with Crippen molar-refractivity contribution in [2.24, 2.45) is 0 Å². The summed E-state index contributed by atoms with van der Waals surface area (Å²) >= 11 is 0. The summed E-state index contributed by atoms with van der Waals surface area (Å²) in [5, 5.41) is 0. The van der Waals surface area contributed by atoms with Crippen LogP contribution in [0.15, 0.2) is 183 Å². The molecule has 12 heteroatoms. The van der Waals surface area contributed by atoms with E-state index in [1.807, 2.05) is 134 Å². The van der Waals surface area contributed by atoms with Gasteiger partial charge in [0.2, 0.25) is 0 Å². The minimum Gasteiger partial charge on any atom is -0.304 e. The van der Waals surface area contributed by atoms with Gasteiger partial charge >= 0.3 is 0 Å². The standard InChI is InChI=1S/C51H30N12/c1-3-13-31(14-4-1)49-58-50(32-15-5-2-6-16-32)60-51(59-49)33-29-40(61-34-17-7-23-52-42(34)43-35(61)18-8-24-53-43)48(63-38-21-11-27-56-46(38)47-39(63)22-12-28-57-47)41(30-33)62-36-19-9-25-54-44(36)45-37(62)20-10-26-55-45/h1-30H. The van der Waals surface area contributed by atoms with Crippen molar-refractivity contribution in [3.63, 3.8) is 0 Å². The van der Waals surface area contributed by atoms with Crippen molar-refractivity contribution in [3.8, 4) is 51.2 Å². The van der Waals surface area contributed by atoms with E-state index in [1.54, 1.807) is 0 Å². The number of nitrogens with zero attached hydrogens (tertiary/aromatic N) is 12. The zero-order valence-corrected chi connectivity index (χ0v) is 33.2. The van der Waals surface area contributed by atoms with E-state index in [0.29, 0.717) is 17.5 Å². The van der Waals surface area contributed by atoms with Gasteiger partial charge in [-0.1, -0.05) is 60.7 Å². The fourth-order valence-electron chi connectivity index (χ4n) is 8.95. The smallest absolute Gasteiger partial charge is 0.164 e. The molecule has 0 fully saturated rings. The van der Waals surface area contributed by atoms with E-state index in [4.69, 9.17) is 44.9 Å². The first kappa shape index (κ1) is 34.8. The first-order valence-corrected chi connectivity index (χ1v) is 20.5. The lowest BCUT2D eigenvalue weighted by Crippen LogP contribution is -2.11. The first-order valence-electron chi connectivity index (χ1n) is 20.5. The Morgan fingerprint density at radius 1 is 0.270 bits per heavy atom. The molecule has 0 saturated heterocycles. The molecular weight excluding hydrogens is 781 g/mol. The molecular formula is C51H30N12. The van der Waals surface area contributed by atoms with Gasteiger partial charge in [-0.15, -0.1) is 0 Å². The maximum absolute atomic E-state index is 5.27. The Balaban J connectivity index is 1.26. The fraction of sp³-hybridized carbons (Fsp3) is 0. The van der Waals surface area contributed by atoms with Crippen LogP contribution in [0.4, 0.5) is 0 Å². The predicted molar refractivity (Wildman–Crippen MR) is 246 cm³/mol. The molecule has 0 N–H and O–H groups in total. The third-order valence-corrected chi connectivity index (χ3v) is 11.6. The van der Waals surface area contributed by atoms with E-state index in [9.17, 15) is 0 Å². The number of fused-ring (bicyclic) bond motifs is 9. The zero-order chi connectivity index (χ0) is 41.4. The number of hydrogen-bond acceptors (Lipinski definition) is 9.